The van der Waals surface area contributed by atoms with E-state index in [1.54, 1.807) is 41.7 Å². The second-order valence-corrected chi connectivity index (χ2v) is 5.83. The first kappa shape index (κ1) is 15.3. The van der Waals surface area contributed by atoms with E-state index in [1.165, 1.54) is 0 Å². The number of piperazine rings is 1. The number of carbonyl (C=O) groups excluding carboxylic acids is 1. The smallest absolute Gasteiger partial charge is 0.349 e. The molecule has 0 bridgehead atoms. The van der Waals surface area contributed by atoms with E-state index in [-0.39, 0.29) is 11.5 Å². The molecule has 1 fully saturated rings. The van der Waals surface area contributed by atoms with Crippen molar-refractivity contribution in [3.05, 3.63) is 64.9 Å². The molecule has 0 unspecified atom stereocenters. The number of hydrogen-bond acceptors (Lipinski definition) is 6. The van der Waals surface area contributed by atoms with Crippen LogP contribution in [0.1, 0.15) is 10.4 Å². The van der Waals surface area contributed by atoms with Gasteiger partial charge in [0.1, 0.15) is 17.0 Å². The first-order valence-corrected chi connectivity index (χ1v) is 8.05. The van der Waals surface area contributed by atoms with Crippen LogP contribution < -0.4 is 10.5 Å². The van der Waals surface area contributed by atoms with E-state index in [2.05, 4.69) is 14.9 Å². The quantitative estimate of drug-likeness (QED) is 0.661. The van der Waals surface area contributed by atoms with Gasteiger partial charge in [0, 0.05) is 44.0 Å². The summed E-state index contributed by atoms with van der Waals surface area (Å²) in [7, 11) is 0. The number of aromatic nitrogens is 2. The summed E-state index contributed by atoms with van der Waals surface area (Å²) in [6.45, 7) is 2.32. The van der Waals surface area contributed by atoms with Crippen LogP contribution in [-0.2, 0) is 0 Å². The lowest BCUT2D eigenvalue weighted by Crippen LogP contribution is -2.49. The molecular formula is C18H16N4O3. The summed E-state index contributed by atoms with van der Waals surface area (Å²) in [5.74, 6) is 0.498. The first-order chi connectivity index (χ1) is 12.2. The van der Waals surface area contributed by atoms with E-state index in [9.17, 15) is 9.59 Å². The van der Waals surface area contributed by atoms with E-state index < -0.39 is 5.63 Å². The summed E-state index contributed by atoms with van der Waals surface area (Å²) >= 11 is 0. The van der Waals surface area contributed by atoms with E-state index in [0.717, 1.165) is 11.2 Å². The standard InChI is InChI=1S/C18H16N4O3/c23-17(14-11-13-3-1-2-4-15(13)25-18(14)24)22-9-7-21(8-10-22)16-12-19-5-6-20-16/h1-6,11-12H,7-10H2. The maximum Gasteiger partial charge on any atom is 0.349 e. The summed E-state index contributed by atoms with van der Waals surface area (Å²) in [6, 6.07) is 8.78. The Morgan fingerprint density at radius 2 is 1.88 bits per heavy atom. The topological polar surface area (TPSA) is 79.5 Å². The van der Waals surface area contributed by atoms with Gasteiger partial charge in [-0.1, -0.05) is 18.2 Å². The molecule has 7 heteroatoms. The Kier molecular flexibility index (Phi) is 3.89. The summed E-state index contributed by atoms with van der Waals surface area (Å²) in [6.07, 6.45) is 4.98. The molecule has 1 aliphatic rings. The average Bonchev–Trinajstić information content (AvgIpc) is 2.68. The Morgan fingerprint density at radius 3 is 2.64 bits per heavy atom. The van der Waals surface area contributed by atoms with Crippen LogP contribution in [0, 0.1) is 0 Å². The second-order valence-electron chi connectivity index (χ2n) is 5.83. The maximum atomic E-state index is 12.7. The molecule has 3 aromatic rings. The number of hydrogen-bond donors (Lipinski definition) is 0. The lowest BCUT2D eigenvalue weighted by atomic mass is 10.1. The normalized spacial score (nSPS) is 14.7. The Balaban J connectivity index is 1.53. The van der Waals surface area contributed by atoms with Crippen LogP contribution in [0.2, 0.25) is 0 Å². The minimum absolute atomic E-state index is 0.0756. The summed E-state index contributed by atoms with van der Waals surface area (Å²) < 4.78 is 5.26. The molecule has 1 amide bonds. The fourth-order valence-corrected chi connectivity index (χ4v) is 2.97. The highest BCUT2D eigenvalue weighted by Crippen LogP contribution is 2.16. The van der Waals surface area contributed by atoms with E-state index in [1.807, 2.05) is 12.1 Å². The molecule has 2 aromatic heterocycles. The van der Waals surface area contributed by atoms with Crippen LogP contribution in [0.15, 0.2) is 58.1 Å². The zero-order valence-corrected chi connectivity index (χ0v) is 13.5. The number of nitrogens with zero attached hydrogens (tertiary/aromatic N) is 4. The van der Waals surface area contributed by atoms with Gasteiger partial charge in [0.15, 0.2) is 0 Å². The monoisotopic (exact) mass is 336 g/mol. The average molecular weight is 336 g/mol. The van der Waals surface area contributed by atoms with Crippen LogP contribution in [0.25, 0.3) is 11.0 Å². The van der Waals surface area contributed by atoms with Crippen LogP contribution in [0.3, 0.4) is 0 Å². The van der Waals surface area contributed by atoms with Crippen molar-refractivity contribution in [1.82, 2.24) is 14.9 Å². The van der Waals surface area contributed by atoms with E-state index in [0.29, 0.717) is 31.8 Å². The van der Waals surface area contributed by atoms with Crippen molar-refractivity contribution in [1.29, 1.82) is 0 Å². The van der Waals surface area contributed by atoms with Gasteiger partial charge in [-0.15, -0.1) is 0 Å². The van der Waals surface area contributed by atoms with E-state index >= 15 is 0 Å². The minimum Gasteiger partial charge on any atom is -0.422 e. The van der Waals surface area contributed by atoms with Gasteiger partial charge in [-0.2, -0.15) is 0 Å². The first-order valence-electron chi connectivity index (χ1n) is 8.05. The van der Waals surface area contributed by atoms with Gasteiger partial charge in [0.2, 0.25) is 0 Å². The highest BCUT2D eigenvalue weighted by atomic mass is 16.4. The molecule has 3 heterocycles. The van der Waals surface area contributed by atoms with Gasteiger partial charge in [-0.25, -0.2) is 9.78 Å². The highest BCUT2D eigenvalue weighted by molar-refractivity contribution is 5.96. The Labute approximate surface area is 143 Å². The molecule has 0 saturated carbocycles. The van der Waals surface area contributed by atoms with Gasteiger partial charge in [0.25, 0.3) is 5.91 Å². The van der Waals surface area contributed by atoms with Gasteiger partial charge >= 0.3 is 5.63 Å². The fraction of sp³-hybridized carbons (Fsp3) is 0.222. The van der Waals surface area contributed by atoms with E-state index in [4.69, 9.17) is 4.42 Å². The van der Waals surface area contributed by atoms with Crippen molar-refractivity contribution in [3.8, 4) is 0 Å². The third kappa shape index (κ3) is 2.96. The van der Waals surface area contributed by atoms with Crippen molar-refractivity contribution < 1.29 is 9.21 Å². The third-order valence-electron chi connectivity index (χ3n) is 4.31. The predicted octanol–water partition coefficient (Wildman–Crippen LogP) is 1.55. The number of fused-ring (bicyclic) bond motifs is 1. The lowest BCUT2D eigenvalue weighted by Gasteiger charge is -2.35. The molecule has 25 heavy (non-hydrogen) atoms. The van der Waals surface area contributed by atoms with Crippen LogP contribution >= 0.6 is 0 Å². The molecule has 1 saturated heterocycles. The van der Waals surface area contributed by atoms with Crippen molar-refractivity contribution in [2.45, 2.75) is 0 Å². The fourth-order valence-electron chi connectivity index (χ4n) is 2.97. The largest absolute Gasteiger partial charge is 0.422 e. The second kappa shape index (κ2) is 6.35. The van der Waals surface area contributed by atoms with Crippen LogP contribution in [0.5, 0.6) is 0 Å². The lowest BCUT2D eigenvalue weighted by molar-refractivity contribution is 0.0742. The summed E-state index contributed by atoms with van der Waals surface area (Å²) in [5, 5.41) is 0.739. The number of anilines is 1. The zero-order chi connectivity index (χ0) is 17.2. The number of carbonyl (C=O) groups is 1. The SMILES string of the molecule is O=C(c1cc2ccccc2oc1=O)N1CCN(c2cnccn2)CC1. The van der Waals surface area contributed by atoms with Crippen LogP contribution in [-0.4, -0.2) is 47.0 Å². The molecule has 7 nitrogen and oxygen atoms in total. The molecule has 0 N–H and O–H groups in total. The summed E-state index contributed by atoms with van der Waals surface area (Å²) in [5.41, 5.74) is -0.0387. The molecule has 4 rings (SSSR count). The number of para-hydroxylation sites is 1. The highest BCUT2D eigenvalue weighted by Gasteiger charge is 2.25. The zero-order valence-electron chi connectivity index (χ0n) is 13.5. The van der Waals surface area contributed by atoms with Crippen molar-refractivity contribution in [3.63, 3.8) is 0 Å². The molecule has 126 valence electrons. The Morgan fingerprint density at radius 1 is 1.08 bits per heavy atom. The minimum atomic E-state index is -0.597. The maximum absolute atomic E-state index is 12.7. The molecule has 1 aromatic carbocycles. The third-order valence-corrected chi connectivity index (χ3v) is 4.31. The molecule has 1 aliphatic heterocycles. The van der Waals surface area contributed by atoms with Crippen molar-refractivity contribution in [2.75, 3.05) is 31.1 Å². The van der Waals surface area contributed by atoms with Crippen molar-refractivity contribution >= 4 is 22.7 Å². The molecular weight excluding hydrogens is 320 g/mol. The van der Waals surface area contributed by atoms with Gasteiger partial charge in [-0.05, 0) is 12.1 Å². The Bertz CT molecular complexity index is 963. The number of benzene rings is 1. The van der Waals surface area contributed by atoms with Gasteiger partial charge in [-0.3, -0.25) is 9.78 Å². The molecule has 0 radical (unpaired) electrons. The predicted molar refractivity (Wildman–Crippen MR) is 92.6 cm³/mol. The molecule has 0 aliphatic carbocycles. The molecule has 0 spiro atoms. The van der Waals surface area contributed by atoms with Crippen LogP contribution in [0.4, 0.5) is 5.82 Å². The number of amides is 1. The molecule has 0 atom stereocenters. The Hall–Kier alpha value is -3.22. The van der Waals surface area contributed by atoms with Gasteiger partial charge in [0.05, 0.1) is 6.20 Å². The summed E-state index contributed by atoms with van der Waals surface area (Å²) in [4.78, 5) is 37.0. The number of rotatable bonds is 2. The van der Waals surface area contributed by atoms with Gasteiger partial charge < -0.3 is 14.2 Å². The van der Waals surface area contributed by atoms with Crippen molar-refractivity contribution in [2.24, 2.45) is 0 Å².